The van der Waals surface area contributed by atoms with Gasteiger partial charge in [-0.15, -0.1) is 11.3 Å². The van der Waals surface area contributed by atoms with Crippen LogP contribution in [0.15, 0.2) is 28.7 Å². The molecule has 1 aromatic carbocycles. The van der Waals surface area contributed by atoms with Gasteiger partial charge in [0.15, 0.2) is 0 Å². The smallest absolute Gasteiger partial charge is 0.0995 e. The topological polar surface area (TPSA) is 12.0 Å². The Kier molecular flexibility index (Phi) is 4.98. The first-order valence-electron chi connectivity index (χ1n) is 5.10. The van der Waals surface area contributed by atoms with E-state index in [1.807, 2.05) is 31.3 Å². The van der Waals surface area contributed by atoms with Gasteiger partial charge < -0.3 is 5.32 Å². The monoisotopic (exact) mass is 383 g/mol. The van der Waals surface area contributed by atoms with Gasteiger partial charge >= 0.3 is 0 Å². The zero-order valence-corrected chi connectivity index (χ0v) is 14.0. The molecule has 0 saturated carbocycles. The Morgan fingerprint density at radius 2 is 1.89 bits per heavy atom. The lowest BCUT2D eigenvalue weighted by molar-refractivity contribution is 0.694. The quantitative estimate of drug-likeness (QED) is 0.706. The number of benzene rings is 1. The van der Waals surface area contributed by atoms with Crippen LogP contribution in [0.5, 0.6) is 0 Å². The van der Waals surface area contributed by atoms with Gasteiger partial charge in [0, 0.05) is 15.1 Å². The minimum Gasteiger partial charge on any atom is -0.309 e. The SMILES string of the molecule is CNC(c1ccc(Br)cc1Cl)c1cc(Cl)sc1Cl. The minimum absolute atomic E-state index is 0.0677. The summed E-state index contributed by atoms with van der Waals surface area (Å²) in [6.07, 6.45) is 0. The van der Waals surface area contributed by atoms with Gasteiger partial charge in [0.25, 0.3) is 0 Å². The first-order chi connectivity index (χ1) is 8.52. The van der Waals surface area contributed by atoms with E-state index in [4.69, 9.17) is 34.8 Å². The van der Waals surface area contributed by atoms with Crippen molar-refractivity contribution < 1.29 is 0 Å². The third kappa shape index (κ3) is 3.03. The van der Waals surface area contributed by atoms with Crippen LogP contribution >= 0.6 is 62.1 Å². The second kappa shape index (κ2) is 6.12. The normalized spacial score (nSPS) is 12.7. The fourth-order valence-electron chi connectivity index (χ4n) is 1.76. The van der Waals surface area contributed by atoms with Gasteiger partial charge in [-0.3, -0.25) is 0 Å². The van der Waals surface area contributed by atoms with Crippen molar-refractivity contribution >= 4 is 62.1 Å². The van der Waals surface area contributed by atoms with Gasteiger partial charge in [0.05, 0.1) is 14.7 Å². The van der Waals surface area contributed by atoms with E-state index in [1.54, 1.807) is 0 Å². The summed E-state index contributed by atoms with van der Waals surface area (Å²) in [7, 11) is 1.87. The maximum atomic E-state index is 6.27. The molecule has 1 aromatic heterocycles. The summed E-state index contributed by atoms with van der Waals surface area (Å²) < 4.78 is 2.29. The maximum Gasteiger partial charge on any atom is 0.0995 e. The molecule has 0 aliphatic rings. The summed E-state index contributed by atoms with van der Waals surface area (Å²) in [6.45, 7) is 0. The van der Waals surface area contributed by atoms with E-state index in [2.05, 4.69) is 21.2 Å². The number of rotatable bonds is 3. The van der Waals surface area contributed by atoms with Crippen LogP contribution in [0.2, 0.25) is 13.7 Å². The van der Waals surface area contributed by atoms with Crippen molar-refractivity contribution in [1.82, 2.24) is 5.32 Å². The van der Waals surface area contributed by atoms with Gasteiger partial charge in [-0.25, -0.2) is 0 Å². The number of hydrogen-bond donors (Lipinski definition) is 1. The van der Waals surface area contributed by atoms with Gasteiger partial charge in [-0.05, 0) is 30.8 Å². The molecule has 1 unspecified atom stereocenters. The van der Waals surface area contributed by atoms with Crippen molar-refractivity contribution in [2.45, 2.75) is 6.04 Å². The molecule has 1 atom stereocenters. The predicted molar refractivity (Wildman–Crippen MR) is 84.4 cm³/mol. The molecule has 0 fully saturated rings. The van der Waals surface area contributed by atoms with E-state index < -0.39 is 0 Å². The second-order valence-electron chi connectivity index (χ2n) is 3.67. The Hall–Kier alpha value is 0.230. The molecule has 0 aliphatic carbocycles. The number of thiophene rings is 1. The molecule has 0 bridgehead atoms. The van der Waals surface area contributed by atoms with E-state index in [0.29, 0.717) is 13.7 Å². The lowest BCUT2D eigenvalue weighted by Crippen LogP contribution is -2.17. The van der Waals surface area contributed by atoms with Crippen molar-refractivity contribution in [3.63, 3.8) is 0 Å². The number of hydrogen-bond acceptors (Lipinski definition) is 2. The summed E-state index contributed by atoms with van der Waals surface area (Å²) in [5, 5.41) is 3.90. The highest BCUT2D eigenvalue weighted by molar-refractivity contribution is 9.10. The van der Waals surface area contributed by atoms with Crippen LogP contribution in [-0.2, 0) is 0 Å². The van der Waals surface area contributed by atoms with Gasteiger partial charge in [-0.1, -0.05) is 56.8 Å². The summed E-state index contributed by atoms with van der Waals surface area (Å²) in [4.78, 5) is 0. The van der Waals surface area contributed by atoms with Crippen molar-refractivity contribution in [2.75, 3.05) is 7.05 Å². The average molecular weight is 386 g/mol. The molecular formula is C12H9BrCl3NS. The van der Waals surface area contributed by atoms with E-state index in [0.717, 1.165) is 15.6 Å². The first kappa shape index (κ1) is 14.6. The van der Waals surface area contributed by atoms with Gasteiger partial charge in [0.2, 0.25) is 0 Å². The molecule has 96 valence electrons. The Labute approximate surface area is 133 Å². The van der Waals surface area contributed by atoms with Crippen LogP contribution in [-0.4, -0.2) is 7.05 Å². The Morgan fingerprint density at radius 3 is 2.39 bits per heavy atom. The molecule has 2 rings (SSSR count). The molecule has 18 heavy (non-hydrogen) atoms. The van der Waals surface area contributed by atoms with E-state index in [-0.39, 0.29) is 6.04 Å². The summed E-state index contributed by atoms with van der Waals surface area (Å²) in [5.74, 6) is 0. The summed E-state index contributed by atoms with van der Waals surface area (Å²) in [5.41, 5.74) is 1.91. The number of halogens is 4. The fraction of sp³-hybridized carbons (Fsp3) is 0.167. The molecule has 1 nitrogen and oxygen atoms in total. The Morgan fingerprint density at radius 1 is 1.17 bits per heavy atom. The van der Waals surface area contributed by atoms with Crippen molar-refractivity contribution in [1.29, 1.82) is 0 Å². The molecule has 0 amide bonds. The van der Waals surface area contributed by atoms with Crippen LogP contribution in [0.3, 0.4) is 0 Å². The molecule has 0 radical (unpaired) electrons. The van der Waals surface area contributed by atoms with Gasteiger partial charge in [0.1, 0.15) is 0 Å². The lowest BCUT2D eigenvalue weighted by Gasteiger charge is -2.17. The average Bonchev–Trinajstić information content (AvgIpc) is 2.62. The molecule has 6 heteroatoms. The standard InChI is InChI=1S/C12H9BrCl3NS/c1-17-11(8-5-10(15)18-12(8)16)7-3-2-6(13)4-9(7)14/h2-5,11,17H,1H3. The second-order valence-corrected chi connectivity index (χ2v) is 7.28. The van der Waals surface area contributed by atoms with E-state index >= 15 is 0 Å². The molecule has 1 heterocycles. The summed E-state index contributed by atoms with van der Waals surface area (Å²) >= 11 is 23.2. The molecule has 2 aromatic rings. The minimum atomic E-state index is -0.0677. The van der Waals surface area contributed by atoms with Crippen LogP contribution < -0.4 is 5.32 Å². The van der Waals surface area contributed by atoms with E-state index in [1.165, 1.54) is 11.3 Å². The third-order valence-electron chi connectivity index (χ3n) is 2.56. The lowest BCUT2D eigenvalue weighted by atomic mass is 10.0. The predicted octanol–water partition coefficient (Wildman–Crippen LogP) is 5.78. The maximum absolute atomic E-state index is 6.27. The van der Waals surface area contributed by atoms with Crippen LogP contribution in [0.1, 0.15) is 17.2 Å². The highest BCUT2D eigenvalue weighted by Gasteiger charge is 2.20. The first-order valence-corrected chi connectivity index (χ1v) is 7.84. The third-order valence-corrected chi connectivity index (χ3v) is 4.89. The Balaban J connectivity index is 2.48. The van der Waals surface area contributed by atoms with Crippen molar-refractivity contribution in [3.8, 4) is 0 Å². The Bertz CT molecular complexity index is 570. The highest BCUT2D eigenvalue weighted by atomic mass is 79.9. The van der Waals surface area contributed by atoms with Crippen LogP contribution in [0.4, 0.5) is 0 Å². The molecule has 0 spiro atoms. The van der Waals surface area contributed by atoms with Crippen LogP contribution in [0, 0.1) is 0 Å². The molecule has 0 saturated heterocycles. The number of nitrogens with one attached hydrogen (secondary N) is 1. The zero-order valence-electron chi connectivity index (χ0n) is 9.31. The fourth-order valence-corrected chi connectivity index (χ4v) is 4.08. The summed E-state index contributed by atoms with van der Waals surface area (Å²) in [6, 6.07) is 7.59. The molecule has 1 N–H and O–H groups in total. The van der Waals surface area contributed by atoms with Crippen molar-refractivity contribution in [2.24, 2.45) is 0 Å². The van der Waals surface area contributed by atoms with Crippen molar-refractivity contribution in [3.05, 3.63) is 53.6 Å². The zero-order chi connectivity index (χ0) is 13.3. The van der Waals surface area contributed by atoms with Gasteiger partial charge in [-0.2, -0.15) is 0 Å². The van der Waals surface area contributed by atoms with E-state index in [9.17, 15) is 0 Å². The van der Waals surface area contributed by atoms with Crippen LogP contribution in [0.25, 0.3) is 0 Å². The molecule has 0 aliphatic heterocycles. The highest BCUT2D eigenvalue weighted by Crippen LogP contribution is 2.39. The largest absolute Gasteiger partial charge is 0.309 e. The molecular weight excluding hydrogens is 376 g/mol.